The van der Waals surface area contributed by atoms with E-state index in [1.165, 1.54) is 218 Å². The zero-order chi connectivity index (χ0) is 42.8. The molecule has 0 aromatic heterocycles. The monoisotopic (exact) mass is 826 g/mol. The SMILES string of the molecule is CCCCCCCCCCCC/C=C/CC/C=C/CC/C=C/C(O)C(CO)NC(=O)CCCCCCCCCCCCC/C=C\CCCCCCCCCCCCCC. The number of carbonyl (C=O) groups is 1. The van der Waals surface area contributed by atoms with Gasteiger partial charge >= 0.3 is 0 Å². The highest BCUT2D eigenvalue weighted by molar-refractivity contribution is 5.76. The van der Waals surface area contributed by atoms with Crippen LogP contribution in [0.5, 0.6) is 0 Å². The van der Waals surface area contributed by atoms with E-state index in [4.69, 9.17) is 0 Å². The van der Waals surface area contributed by atoms with Crippen LogP contribution in [0.25, 0.3) is 0 Å². The Balaban J connectivity index is 3.56. The number of rotatable bonds is 48. The van der Waals surface area contributed by atoms with Gasteiger partial charge in [0.2, 0.25) is 5.91 Å². The van der Waals surface area contributed by atoms with Crippen molar-refractivity contribution in [2.45, 2.75) is 289 Å². The summed E-state index contributed by atoms with van der Waals surface area (Å²) in [4.78, 5) is 12.4. The molecule has 0 saturated carbocycles. The highest BCUT2D eigenvalue weighted by Gasteiger charge is 2.17. The molecule has 346 valence electrons. The van der Waals surface area contributed by atoms with Gasteiger partial charge in [0.05, 0.1) is 18.8 Å². The number of nitrogens with one attached hydrogen (secondary N) is 1. The molecular formula is C55H103NO3. The van der Waals surface area contributed by atoms with Gasteiger partial charge in [0.25, 0.3) is 0 Å². The first-order valence-electron chi connectivity index (χ1n) is 26.4. The van der Waals surface area contributed by atoms with Crippen LogP contribution in [0.3, 0.4) is 0 Å². The van der Waals surface area contributed by atoms with Crippen molar-refractivity contribution in [2.75, 3.05) is 6.61 Å². The summed E-state index contributed by atoms with van der Waals surface area (Å²) in [6.07, 6.45) is 69.7. The average molecular weight is 826 g/mol. The number of hydrogen-bond donors (Lipinski definition) is 3. The molecule has 2 atom stereocenters. The highest BCUT2D eigenvalue weighted by Crippen LogP contribution is 2.16. The van der Waals surface area contributed by atoms with Crippen LogP contribution in [0, 0.1) is 0 Å². The van der Waals surface area contributed by atoms with Gasteiger partial charge in [0.1, 0.15) is 0 Å². The quantitative estimate of drug-likeness (QED) is 0.0423. The van der Waals surface area contributed by atoms with Gasteiger partial charge in [-0.2, -0.15) is 0 Å². The van der Waals surface area contributed by atoms with E-state index >= 15 is 0 Å². The molecule has 3 N–H and O–H groups in total. The fourth-order valence-corrected chi connectivity index (χ4v) is 7.97. The van der Waals surface area contributed by atoms with Crippen LogP contribution < -0.4 is 5.32 Å². The third-order valence-corrected chi connectivity index (χ3v) is 12.0. The minimum absolute atomic E-state index is 0.0768. The fraction of sp³-hybridized carbons (Fsp3) is 0.836. The Hall–Kier alpha value is -1.65. The van der Waals surface area contributed by atoms with Gasteiger partial charge in [-0.25, -0.2) is 0 Å². The first-order valence-corrected chi connectivity index (χ1v) is 26.4. The van der Waals surface area contributed by atoms with Gasteiger partial charge in [-0.15, -0.1) is 0 Å². The van der Waals surface area contributed by atoms with Crippen molar-refractivity contribution in [3.8, 4) is 0 Å². The summed E-state index contributed by atoms with van der Waals surface area (Å²) in [5, 5.41) is 23.1. The molecule has 0 aliphatic heterocycles. The number of hydrogen-bond acceptors (Lipinski definition) is 3. The predicted octanol–water partition coefficient (Wildman–Crippen LogP) is 17.1. The Morgan fingerprint density at radius 3 is 0.983 bits per heavy atom. The van der Waals surface area contributed by atoms with Crippen molar-refractivity contribution in [1.82, 2.24) is 5.32 Å². The summed E-state index contributed by atoms with van der Waals surface area (Å²) < 4.78 is 0. The Morgan fingerprint density at radius 1 is 0.390 bits per heavy atom. The van der Waals surface area contributed by atoms with E-state index in [1.807, 2.05) is 6.08 Å². The van der Waals surface area contributed by atoms with E-state index in [1.54, 1.807) is 6.08 Å². The molecule has 4 heteroatoms. The number of unbranched alkanes of at least 4 members (excludes halogenated alkanes) is 35. The average Bonchev–Trinajstić information content (AvgIpc) is 3.24. The summed E-state index contributed by atoms with van der Waals surface area (Å²) >= 11 is 0. The van der Waals surface area contributed by atoms with Crippen LogP contribution in [0.1, 0.15) is 277 Å². The summed E-state index contributed by atoms with van der Waals surface area (Å²) in [7, 11) is 0. The molecule has 0 aromatic rings. The molecule has 0 heterocycles. The van der Waals surface area contributed by atoms with E-state index in [0.717, 1.165) is 38.5 Å². The predicted molar refractivity (Wildman–Crippen MR) is 262 cm³/mol. The topological polar surface area (TPSA) is 69.6 Å². The van der Waals surface area contributed by atoms with Gasteiger partial charge in [-0.1, -0.05) is 249 Å². The summed E-state index contributed by atoms with van der Waals surface area (Å²) in [5.74, 6) is -0.0768. The Labute approximate surface area is 369 Å². The summed E-state index contributed by atoms with van der Waals surface area (Å²) in [5.41, 5.74) is 0. The number of aliphatic hydroxyl groups is 2. The second-order valence-electron chi connectivity index (χ2n) is 17.9. The molecule has 0 radical (unpaired) electrons. The number of aliphatic hydroxyl groups excluding tert-OH is 2. The van der Waals surface area contributed by atoms with Crippen molar-refractivity contribution in [2.24, 2.45) is 0 Å². The van der Waals surface area contributed by atoms with E-state index in [0.29, 0.717) is 6.42 Å². The third kappa shape index (κ3) is 47.3. The smallest absolute Gasteiger partial charge is 0.220 e. The Bertz CT molecular complexity index is 939. The number of carbonyl (C=O) groups excluding carboxylic acids is 1. The minimum Gasteiger partial charge on any atom is -0.394 e. The first-order chi connectivity index (χ1) is 29.2. The molecule has 0 aromatic carbocycles. The van der Waals surface area contributed by atoms with E-state index in [-0.39, 0.29) is 12.5 Å². The van der Waals surface area contributed by atoms with E-state index < -0.39 is 12.1 Å². The van der Waals surface area contributed by atoms with Gasteiger partial charge in [-0.05, 0) is 70.6 Å². The maximum atomic E-state index is 12.4. The summed E-state index contributed by atoms with van der Waals surface area (Å²) in [6.45, 7) is 4.31. The lowest BCUT2D eigenvalue weighted by molar-refractivity contribution is -0.123. The molecule has 0 spiro atoms. The van der Waals surface area contributed by atoms with E-state index in [2.05, 4.69) is 55.6 Å². The second kappa shape index (κ2) is 50.7. The largest absolute Gasteiger partial charge is 0.394 e. The Kier molecular flexibility index (Phi) is 49.3. The molecule has 0 bridgehead atoms. The van der Waals surface area contributed by atoms with Gasteiger partial charge in [0.15, 0.2) is 0 Å². The summed E-state index contributed by atoms with van der Waals surface area (Å²) in [6, 6.07) is -0.646. The van der Waals surface area contributed by atoms with Gasteiger partial charge in [0, 0.05) is 6.42 Å². The van der Waals surface area contributed by atoms with Crippen molar-refractivity contribution < 1.29 is 15.0 Å². The highest BCUT2D eigenvalue weighted by atomic mass is 16.3. The molecular weight excluding hydrogens is 723 g/mol. The normalized spacial score (nSPS) is 13.2. The number of allylic oxidation sites excluding steroid dienone is 7. The van der Waals surface area contributed by atoms with Gasteiger partial charge < -0.3 is 15.5 Å². The van der Waals surface area contributed by atoms with Crippen molar-refractivity contribution in [3.63, 3.8) is 0 Å². The van der Waals surface area contributed by atoms with E-state index in [9.17, 15) is 15.0 Å². The minimum atomic E-state index is -0.871. The first kappa shape index (κ1) is 57.3. The molecule has 0 rings (SSSR count). The van der Waals surface area contributed by atoms with Crippen LogP contribution >= 0.6 is 0 Å². The third-order valence-electron chi connectivity index (χ3n) is 12.0. The molecule has 59 heavy (non-hydrogen) atoms. The van der Waals surface area contributed by atoms with Gasteiger partial charge in [-0.3, -0.25) is 4.79 Å². The van der Waals surface area contributed by atoms with Crippen LogP contribution in [-0.4, -0.2) is 34.9 Å². The fourth-order valence-electron chi connectivity index (χ4n) is 7.97. The maximum absolute atomic E-state index is 12.4. The maximum Gasteiger partial charge on any atom is 0.220 e. The Morgan fingerprint density at radius 2 is 0.661 bits per heavy atom. The van der Waals surface area contributed by atoms with Crippen molar-refractivity contribution in [3.05, 3.63) is 48.6 Å². The zero-order valence-electron chi connectivity index (χ0n) is 39.8. The zero-order valence-corrected chi connectivity index (χ0v) is 39.8. The van der Waals surface area contributed by atoms with Crippen LogP contribution in [0.15, 0.2) is 48.6 Å². The molecule has 0 aliphatic carbocycles. The molecule has 4 nitrogen and oxygen atoms in total. The molecule has 0 saturated heterocycles. The van der Waals surface area contributed by atoms with Crippen LogP contribution in [-0.2, 0) is 4.79 Å². The lowest BCUT2D eigenvalue weighted by Gasteiger charge is -2.19. The lowest BCUT2D eigenvalue weighted by Crippen LogP contribution is -2.45. The standard InChI is InChI=1S/C55H103NO3/c1-3-5-7-9-11-13-15-17-19-21-23-25-26-27-28-29-30-31-33-35-37-39-41-43-45-47-49-51-55(59)56-53(52-57)54(58)50-48-46-44-42-40-38-36-34-32-24-22-20-18-16-14-12-10-8-6-4-2/h27-28,32,34,40,42,48,50,53-54,57-58H,3-26,29-31,33,35-39,41,43-47,49,51-52H2,1-2H3,(H,56,59)/b28-27-,34-32+,42-40+,50-48+. The molecule has 2 unspecified atom stereocenters. The van der Waals surface area contributed by atoms with Crippen molar-refractivity contribution >= 4 is 5.91 Å². The number of amides is 1. The molecule has 0 fully saturated rings. The second-order valence-corrected chi connectivity index (χ2v) is 17.9. The lowest BCUT2D eigenvalue weighted by atomic mass is 10.0. The van der Waals surface area contributed by atoms with Crippen LogP contribution in [0.2, 0.25) is 0 Å². The molecule has 1 amide bonds. The molecule has 0 aliphatic rings. The van der Waals surface area contributed by atoms with Crippen LogP contribution in [0.4, 0.5) is 0 Å². The van der Waals surface area contributed by atoms with Crippen molar-refractivity contribution in [1.29, 1.82) is 0 Å².